The van der Waals surface area contributed by atoms with Crippen LogP contribution >= 0.6 is 0 Å². The first-order chi connectivity index (χ1) is 2.81. The molecule has 2 nitrogen and oxygen atoms in total. The third-order valence-electron chi connectivity index (χ3n) is 0.575. The first-order valence-corrected chi connectivity index (χ1v) is 3.54. The van der Waals surface area contributed by atoms with Crippen LogP contribution in [0.25, 0.3) is 0 Å². The third-order valence-corrected chi connectivity index (χ3v) is 1.72. The Bertz CT molecular complexity index is 32.1. The zero-order chi connectivity index (χ0) is 4.99. The SMILES string of the molecule is CO[Si](C)OC.[Y]. The Balaban J connectivity index is 0. The summed E-state index contributed by atoms with van der Waals surface area (Å²) in [6.45, 7) is 1.94. The molecule has 40 valence electrons. The van der Waals surface area contributed by atoms with Gasteiger partial charge in [0.05, 0.1) is 0 Å². The molecular formula is C3H9O2SiY. The molecule has 0 fully saturated rings. The maximum atomic E-state index is 4.78. The van der Waals surface area contributed by atoms with Crippen LogP contribution in [0.4, 0.5) is 0 Å². The molecule has 0 aromatic heterocycles. The predicted molar refractivity (Wildman–Crippen MR) is 25.6 cm³/mol. The van der Waals surface area contributed by atoms with Crippen molar-refractivity contribution in [1.29, 1.82) is 0 Å². The molecule has 0 heterocycles. The molecule has 0 aliphatic rings. The molecule has 0 spiro atoms. The van der Waals surface area contributed by atoms with Crippen molar-refractivity contribution in [3.63, 3.8) is 0 Å². The molecule has 0 N–H and O–H groups in total. The minimum Gasteiger partial charge on any atom is -0.397 e. The maximum Gasteiger partial charge on any atom is 0.380 e. The fourth-order valence-electron chi connectivity index (χ4n) is 0.0833. The van der Waals surface area contributed by atoms with Crippen molar-refractivity contribution < 1.29 is 41.6 Å². The second-order valence-corrected chi connectivity index (χ2v) is 2.70. The molecule has 0 saturated heterocycles. The molecule has 0 saturated carbocycles. The third kappa shape index (κ3) is 7.24. The molecule has 0 amide bonds. The summed E-state index contributed by atoms with van der Waals surface area (Å²) in [6.07, 6.45) is 0. The molecule has 0 atom stereocenters. The van der Waals surface area contributed by atoms with Gasteiger partial charge in [0.2, 0.25) is 0 Å². The first kappa shape index (κ1) is 11.1. The second-order valence-electron chi connectivity index (χ2n) is 0.900. The Kier molecular flexibility index (Phi) is 11.5. The van der Waals surface area contributed by atoms with E-state index in [9.17, 15) is 0 Å². The Morgan fingerprint density at radius 1 is 1.14 bits per heavy atom. The van der Waals surface area contributed by atoms with Crippen LogP contribution in [-0.4, -0.2) is 23.5 Å². The normalized spacial score (nSPS) is 8.57. The van der Waals surface area contributed by atoms with Gasteiger partial charge in [0.15, 0.2) is 0 Å². The summed E-state index contributed by atoms with van der Waals surface area (Å²) in [5.74, 6) is 0. The van der Waals surface area contributed by atoms with Crippen LogP contribution in [0.3, 0.4) is 0 Å². The molecular weight excluding hydrogens is 185 g/mol. The van der Waals surface area contributed by atoms with Gasteiger partial charge in [0.1, 0.15) is 0 Å². The average molecular weight is 194 g/mol. The largest absolute Gasteiger partial charge is 0.397 e. The van der Waals surface area contributed by atoms with E-state index < -0.39 is 9.28 Å². The zero-order valence-electron chi connectivity index (χ0n) is 4.89. The van der Waals surface area contributed by atoms with Crippen molar-refractivity contribution in [3.05, 3.63) is 0 Å². The molecule has 0 aromatic rings. The maximum absolute atomic E-state index is 4.78. The van der Waals surface area contributed by atoms with Crippen molar-refractivity contribution in [2.24, 2.45) is 0 Å². The molecule has 0 aromatic carbocycles. The molecule has 2 radical (unpaired) electrons. The van der Waals surface area contributed by atoms with E-state index in [2.05, 4.69) is 0 Å². The van der Waals surface area contributed by atoms with Gasteiger partial charge in [-0.3, -0.25) is 0 Å². The topological polar surface area (TPSA) is 18.5 Å². The summed E-state index contributed by atoms with van der Waals surface area (Å²) in [5, 5.41) is 0. The molecule has 4 heteroatoms. The molecule has 0 rings (SSSR count). The minimum atomic E-state index is -0.868. The molecule has 7 heavy (non-hydrogen) atoms. The van der Waals surface area contributed by atoms with E-state index in [0.29, 0.717) is 0 Å². The molecule has 0 bridgehead atoms. The fraction of sp³-hybridized carbons (Fsp3) is 1.00. The van der Waals surface area contributed by atoms with Gasteiger partial charge in [0, 0.05) is 46.9 Å². The summed E-state index contributed by atoms with van der Waals surface area (Å²) >= 11 is 0. The van der Waals surface area contributed by atoms with Gasteiger partial charge >= 0.3 is 9.28 Å². The number of rotatable bonds is 2. The summed E-state index contributed by atoms with van der Waals surface area (Å²) in [4.78, 5) is 0. The van der Waals surface area contributed by atoms with Crippen LogP contribution in [0.2, 0.25) is 6.55 Å². The Labute approximate surface area is 71.3 Å². The molecule has 0 unspecified atom stereocenters. The van der Waals surface area contributed by atoms with Crippen molar-refractivity contribution in [1.82, 2.24) is 0 Å². The van der Waals surface area contributed by atoms with Gasteiger partial charge in [-0.25, -0.2) is 0 Å². The first-order valence-electron chi connectivity index (χ1n) is 1.72. The van der Waals surface area contributed by atoms with E-state index >= 15 is 0 Å². The van der Waals surface area contributed by atoms with Crippen molar-refractivity contribution >= 4 is 9.28 Å². The standard InChI is InChI=1S/C3H9O2Si.Y/c1-4-6(3)5-2;/h1-3H3;. The number of hydrogen-bond acceptors (Lipinski definition) is 2. The van der Waals surface area contributed by atoms with E-state index in [1.54, 1.807) is 14.2 Å². The van der Waals surface area contributed by atoms with Crippen molar-refractivity contribution in [2.75, 3.05) is 14.2 Å². The van der Waals surface area contributed by atoms with E-state index in [4.69, 9.17) is 8.85 Å². The summed E-state index contributed by atoms with van der Waals surface area (Å²) in [6, 6.07) is 0. The van der Waals surface area contributed by atoms with Gasteiger partial charge in [-0.15, -0.1) is 0 Å². The fourth-order valence-corrected chi connectivity index (χ4v) is 0.250. The smallest absolute Gasteiger partial charge is 0.380 e. The zero-order valence-corrected chi connectivity index (χ0v) is 8.73. The second kappa shape index (κ2) is 7.24. The minimum absolute atomic E-state index is 0. The van der Waals surface area contributed by atoms with E-state index in [-0.39, 0.29) is 32.7 Å². The summed E-state index contributed by atoms with van der Waals surface area (Å²) in [5.41, 5.74) is 0. The predicted octanol–water partition coefficient (Wildman–Crippen LogP) is 0.395. The quantitative estimate of drug-likeness (QED) is 0.592. The average Bonchev–Trinajstić information content (AvgIpc) is 1.65. The van der Waals surface area contributed by atoms with Gasteiger partial charge < -0.3 is 8.85 Å². The Morgan fingerprint density at radius 2 is 1.43 bits per heavy atom. The van der Waals surface area contributed by atoms with Crippen LogP contribution in [0.15, 0.2) is 0 Å². The van der Waals surface area contributed by atoms with E-state index in [1.165, 1.54) is 0 Å². The van der Waals surface area contributed by atoms with E-state index in [1.807, 2.05) is 6.55 Å². The van der Waals surface area contributed by atoms with Gasteiger partial charge in [-0.1, -0.05) is 0 Å². The Hall–Kier alpha value is 1.24. The Morgan fingerprint density at radius 3 is 1.43 bits per heavy atom. The van der Waals surface area contributed by atoms with Gasteiger partial charge in [-0.05, 0) is 6.55 Å². The van der Waals surface area contributed by atoms with Crippen molar-refractivity contribution in [2.45, 2.75) is 6.55 Å². The van der Waals surface area contributed by atoms with E-state index in [0.717, 1.165) is 0 Å². The van der Waals surface area contributed by atoms with Crippen LogP contribution in [0, 0.1) is 0 Å². The molecule has 0 aliphatic heterocycles. The van der Waals surface area contributed by atoms with Crippen LogP contribution < -0.4 is 0 Å². The monoisotopic (exact) mass is 194 g/mol. The van der Waals surface area contributed by atoms with Gasteiger partial charge in [0.25, 0.3) is 0 Å². The van der Waals surface area contributed by atoms with Crippen LogP contribution in [-0.2, 0) is 41.6 Å². The number of hydrogen-bond donors (Lipinski definition) is 0. The summed E-state index contributed by atoms with van der Waals surface area (Å²) < 4.78 is 9.56. The summed E-state index contributed by atoms with van der Waals surface area (Å²) in [7, 11) is 2.43. The van der Waals surface area contributed by atoms with Gasteiger partial charge in [-0.2, -0.15) is 0 Å². The van der Waals surface area contributed by atoms with Crippen molar-refractivity contribution in [3.8, 4) is 0 Å². The molecule has 0 aliphatic carbocycles. The van der Waals surface area contributed by atoms with Crippen LogP contribution in [0.1, 0.15) is 0 Å². The van der Waals surface area contributed by atoms with Crippen LogP contribution in [0.5, 0.6) is 0 Å².